The second-order valence-electron chi connectivity index (χ2n) is 6.43. The number of ether oxygens (including phenoxy) is 1. The molecule has 2 atom stereocenters. The second kappa shape index (κ2) is 7.09. The molecule has 128 valence electrons. The number of furan rings is 1. The van der Waals surface area contributed by atoms with Crippen LogP contribution < -0.4 is 5.32 Å². The number of aryl methyl sites for hydroxylation is 1. The molecule has 5 heteroatoms. The average molecular weight is 328 g/mol. The summed E-state index contributed by atoms with van der Waals surface area (Å²) in [5, 5.41) is 3.31. The minimum Gasteiger partial charge on any atom is -0.467 e. The van der Waals surface area contributed by atoms with Crippen molar-refractivity contribution in [1.82, 2.24) is 4.90 Å². The largest absolute Gasteiger partial charge is 0.467 e. The molecule has 0 aliphatic carbocycles. The number of anilines is 1. The number of rotatable bonds is 4. The average Bonchev–Trinajstić information content (AvgIpc) is 2.97. The van der Waals surface area contributed by atoms with Gasteiger partial charge in [0.25, 0.3) is 5.91 Å². The van der Waals surface area contributed by atoms with Crippen molar-refractivity contribution in [2.24, 2.45) is 0 Å². The van der Waals surface area contributed by atoms with E-state index in [-0.39, 0.29) is 18.1 Å². The Hall–Kier alpha value is -2.27. The lowest BCUT2D eigenvalue weighted by atomic mass is 10.1. The van der Waals surface area contributed by atoms with E-state index in [1.165, 1.54) is 0 Å². The molecular weight excluding hydrogens is 304 g/mol. The van der Waals surface area contributed by atoms with Crippen LogP contribution in [0.15, 0.2) is 41.0 Å². The van der Waals surface area contributed by atoms with Crippen molar-refractivity contribution in [3.05, 3.63) is 53.5 Å². The molecule has 0 bridgehead atoms. The van der Waals surface area contributed by atoms with E-state index in [1.54, 1.807) is 6.26 Å². The molecule has 0 spiro atoms. The standard InChI is InChI=1S/C19H24N2O3/c1-13-8-9-23-18(13)10-20-17-6-4-16(5-7-17)19(22)21-11-14(2)24-15(3)12-21/h4-9,14-15,20H,10-12H2,1-3H3. The van der Waals surface area contributed by atoms with Crippen molar-refractivity contribution in [3.8, 4) is 0 Å². The first kappa shape index (κ1) is 16.6. The van der Waals surface area contributed by atoms with Gasteiger partial charge in [0.1, 0.15) is 5.76 Å². The van der Waals surface area contributed by atoms with Gasteiger partial charge in [0.05, 0.1) is 25.0 Å². The van der Waals surface area contributed by atoms with Crippen LogP contribution in [0.4, 0.5) is 5.69 Å². The number of amides is 1. The van der Waals surface area contributed by atoms with Gasteiger partial charge in [0.15, 0.2) is 0 Å². The molecule has 2 heterocycles. The fourth-order valence-corrected chi connectivity index (χ4v) is 3.02. The van der Waals surface area contributed by atoms with Crippen LogP contribution in [0.5, 0.6) is 0 Å². The van der Waals surface area contributed by atoms with Crippen LogP contribution in [-0.4, -0.2) is 36.1 Å². The van der Waals surface area contributed by atoms with Gasteiger partial charge in [-0.1, -0.05) is 0 Å². The highest BCUT2D eigenvalue weighted by molar-refractivity contribution is 5.94. The van der Waals surface area contributed by atoms with E-state index in [0.717, 1.165) is 17.0 Å². The number of carbonyl (C=O) groups is 1. The summed E-state index contributed by atoms with van der Waals surface area (Å²) >= 11 is 0. The Kier molecular flexibility index (Phi) is 4.90. The van der Waals surface area contributed by atoms with Crippen LogP contribution in [0.25, 0.3) is 0 Å². The Balaban J connectivity index is 1.61. The third-order valence-electron chi connectivity index (χ3n) is 4.26. The van der Waals surface area contributed by atoms with E-state index in [0.29, 0.717) is 25.2 Å². The lowest BCUT2D eigenvalue weighted by Crippen LogP contribution is -2.48. The zero-order chi connectivity index (χ0) is 17.1. The molecule has 24 heavy (non-hydrogen) atoms. The Morgan fingerprint density at radius 2 is 1.83 bits per heavy atom. The quantitative estimate of drug-likeness (QED) is 0.934. The monoisotopic (exact) mass is 328 g/mol. The van der Waals surface area contributed by atoms with Gasteiger partial charge in [-0.15, -0.1) is 0 Å². The number of carbonyl (C=O) groups excluding carboxylic acids is 1. The fourth-order valence-electron chi connectivity index (χ4n) is 3.02. The minimum absolute atomic E-state index is 0.0606. The van der Waals surface area contributed by atoms with Gasteiger partial charge < -0.3 is 19.4 Å². The topological polar surface area (TPSA) is 54.7 Å². The molecule has 1 aliphatic heterocycles. The Labute approximate surface area is 142 Å². The summed E-state index contributed by atoms with van der Waals surface area (Å²) in [6.07, 6.45) is 1.85. The normalized spacial score (nSPS) is 20.9. The number of nitrogens with zero attached hydrogens (tertiary/aromatic N) is 1. The van der Waals surface area contributed by atoms with Gasteiger partial charge in [-0.2, -0.15) is 0 Å². The first-order valence-corrected chi connectivity index (χ1v) is 8.34. The summed E-state index contributed by atoms with van der Waals surface area (Å²) in [7, 11) is 0. The molecule has 5 nitrogen and oxygen atoms in total. The lowest BCUT2D eigenvalue weighted by molar-refractivity contribution is -0.0586. The number of hydrogen-bond donors (Lipinski definition) is 1. The van der Waals surface area contributed by atoms with Gasteiger partial charge in [-0.25, -0.2) is 0 Å². The maximum atomic E-state index is 12.6. The van der Waals surface area contributed by atoms with Crippen molar-refractivity contribution in [3.63, 3.8) is 0 Å². The Morgan fingerprint density at radius 1 is 1.17 bits per heavy atom. The molecule has 2 aromatic rings. The molecule has 3 rings (SSSR count). The second-order valence-corrected chi connectivity index (χ2v) is 6.43. The van der Waals surface area contributed by atoms with Crippen LogP contribution in [0.1, 0.15) is 35.5 Å². The van der Waals surface area contributed by atoms with E-state index in [1.807, 2.05) is 56.0 Å². The van der Waals surface area contributed by atoms with Crippen molar-refractivity contribution in [2.45, 2.75) is 39.5 Å². The van der Waals surface area contributed by atoms with E-state index in [2.05, 4.69) is 5.32 Å². The molecule has 1 aromatic carbocycles. The van der Waals surface area contributed by atoms with E-state index >= 15 is 0 Å². The van der Waals surface area contributed by atoms with Gasteiger partial charge in [-0.3, -0.25) is 4.79 Å². The molecule has 1 fully saturated rings. The third-order valence-corrected chi connectivity index (χ3v) is 4.26. The number of hydrogen-bond acceptors (Lipinski definition) is 4. The smallest absolute Gasteiger partial charge is 0.254 e. The van der Waals surface area contributed by atoms with Crippen LogP contribution >= 0.6 is 0 Å². The first-order chi connectivity index (χ1) is 11.5. The van der Waals surface area contributed by atoms with Crippen LogP contribution in [0.3, 0.4) is 0 Å². The predicted octanol–water partition coefficient (Wildman–Crippen LogP) is 3.45. The molecule has 1 aromatic heterocycles. The van der Waals surface area contributed by atoms with E-state index in [4.69, 9.17) is 9.15 Å². The molecule has 1 amide bonds. The lowest BCUT2D eigenvalue weighted by Gasteiger charge is -2.35. The summed E-state index contributed by atoms with van der Waals surface area (Å²) < 4.78 is 11.1. The number of nitrogens with one attached hydrogen (secondary N) is 1. The van der Waals surface area contributed by atoms with E-state index in [9.17, 15) is 4.79 Å². The molecule has 1 aliphatic rings. The Morgan fingerprint density at radius 3 is 2.42 bits per heavy atom. The molecule has 1 saturated heterocycles. The van der Waals surface area contributed by atoms with Crippen LogP contribution in [0, 0.1) is 6.92 Å². The summed E-state index contributed by atoms with van der Waals surface area (Å²) in [5.74, 6) is 0.983. The summed E-state index contributed by atoms with van der Waals surface area (Å²) in [5.41, 5.74) is 2.80. The zero-order valence-corrected chi connectivity index (χ0v) is 14.4. The maximum Gasteiger partial charge on any atom is 0.254 e. The summed E-state index contributed by atoms with van der Waals surface area (Å²) in [4.78, 5) is 14.5. The molecular formula is C19H24N2O3. The van der Waals surface area contributed by atoms with Crippen molar-refractivity contribution >= 4 is 11.6 Å². The summed E-state index contributed by atoms with van der Waals surface area (Å²) in [6.45, 7) is 7.93. The van der Waals surface area contributed by atoms with Crippen molar-refractivity contribution in [1.29, 1.82) is 0 Å². The molecule has 2 unspecified atom stereocenters. The predicted molar refractivity (Wildman–Crippen MR) is 93.1 cm³/mol. The highest BCUT2D eigenvalue weighted by atomic mass is 16.5. The number of morpholine rings is 1. The molecule has 0 radical (unpaired) electrons. The van der Waals surface area contributed by atoms with Gasteiger partial charge in [0.2, 0.25) is 0 Å². The molecule has 1 N–H and O–H groups in total. The highest BCUT2D eigenvalue weighted by Gasteiger charge is 2.26. The maximum absolute atomic E-state index is 12.6. The number of benzene rings is 1. The molecule has 0 saturated carbocycles. The highest BCUT2D eigenvalue weighted by Crippen LogP contribution is 2.17. The van der Waals surface area contributed by atoms with Crippen molar-refractivity contribution in [2.75, 3.05) is 18.4 Å². The Bertz CT molecular complexity index is 683. The zero-order valence-electron chi connectivity index (χ0n) is 14.4. The van der Waals surface area contributed by atoms with Gasteiger partial charge >= 0.3 is 0 Å². The SMILES string of the molecule is Cc1ccoc1CNc1ccc(C(=O)N2CC(C)OC(C)C2)cc1. The third kappa shape index (κ3) is 3.79. The van der Waals surface area contributed by atoms with Gasteiger partial charge in [-0.05, 0) is 56.7 Å². The van der Waals surface area contributed by atoms with Crippen LogP contribution in [-0.2, 0) is 11.3 Å². The van der Waals surface area contributed by atoms with Gasteiger partial charge in [0, 0.05) is 24.3 Å². The minimum atomic E-state index is 0.0606. The van der Waals surface area contributed by atoms with E-state index < -0.39 is 0 Å². The fraction of sp³-hybridized carbons (Fsp3) is 0.421. The first-order valence-electron chi connectivity index (χ1n) is 8.34. The van der Waals surface area contributed by atoms with Crippen molar-refractivity contribution < 1.29 is 13.9 Å². The van der Waals surface area contributed by atoms with Crippen LogP contribution in [0.2, 0.25) is 0 Å². The summed E-state index contributed by atoms with van der Waals surface area (Å²) in [6, 6.07) is 9.54.